The predicted octanol–water partition coefficient (Wildman–Crippen LogP) is 5.65. The molecule has 3 aliphatic carbocycles. The molecule has 1 saturated heterocycles. The Morgan fingerprint density at radius 3 is 2.32 bits per heavy atom. The lowest BCUT2D eigenvalue weighted by molar-refractivity contribution is -0.263. The molecule has 9 unspecified atom stereocenters. The van der Waals surface area contributed by atoms with Gasteiger partial charge in [-0.3, -0.25) is 14.4 Å². The number of allylic oxidation sites excluding steroid dienone is 2. The smallest absolute Gasteiger partial charge is 0.311 e. The molecule has 0 radical (unpaired) electrons. The van der Waals surface area contributed by atoms with E-state index < -0.39 is 16.4 Å². The zero-order chi connectivity index (χ0) is 27.8. The van der Waals surface area contributed by atoms with E-state index in [-0.39, 0.29) is 64.7 Å². The van der Waals surface area contributed by atoms with Crippen molar-refractivity contribution >= 4 is 17.7 Å². The van der Waals surface area contributed by atoms with Crippen molar-refractivity contribution in [3.05, 3.63) is 11.6 Å². The van der Waals surface area contributed by atoms with Crippen LogP contribution in [0.5, 0.6) is 0 Å². The van der Waals surface area contributed by atoms with Crippen LogP contribution in [0.25, 0.3) is 0 Å². The summed E-state index contributed by atoms with van der Waals surface area (Å²) in [5, 5.41) is 11.7. The van der Waals surface area contributed by atoms with Crippen LogP contribution in [-0.4, -0.2) is 41.6 Å². The zero-order valence-electron chi connectivity index (χ0n) is 24.4. The standard InChI is InChI=1S/C31H48O6/c1-18(2)14-19(32)16-31(8,35)20-10-12-29(6)21(20)15-22-25-28(5,17-24(33)37-22)23(11-13-30(25,29)7)27(3,4)26(34)36-9/h14,20-23,25,35H,10-13,15-17H2,1-9H3. The average molecular weight is 517 g/mol. The molecule has 0 aromatic heterocycles. The van der Waals surface area contributed by atoms with Gasteiger partial charge in [-0.15, -0.1) is 0 Å². The van der Waals surface area contributed by atoms with Gasteiger partial charge in [0.05, 0.1) is 24.5 Å². The Bertz CT molecular complexity index is 1010. The van der Waals surface area contributed by atoms with Crippen LogP contribution in [0.15, 0.2) is 11.6 Å². The maximum absolute atomic E-state index is 13.1. The van der Waals surface area contributed by atoms with E-state index in [0.717, 1.165) is 31.3 Å². The summed E-state index contributed by atoms with van der Waals surface area (Å²) in [5.74, 6) is -0.228. The lowest BCUT2D eigenvalue weighted by Gasteiger charge is -2.70. The lowest BCUT2D eigenvalue weighted by Crippen LogP contribution is -2.68. The molecule has 1 aliphatic heterocycles. The first kappa shape index (κ1) is 28.3. The van der Waals surface area contributed by atoms with E-state index in [0.29, 0.717) is 12.8 Å². The third-order valence-electron chi connectivity index (χ3n) is 11.8. The van der Waals surface area contributed by atoms with Gasteiger partial charge in [0.2, 0.25) is 0 Å². The van der Waals surface area contributed by atoms with Crippen molar-refractivity contribution in [1.82, 2.24) is 0 Å². The quantitative estimate of drug-likeness (QED) is 0.362. The molecule has 0 amide bonds. The van der Waals surface area contributed by atoms with Crippen LogP contribution in [0.3, 0.4) is 0 Å². The largest absolute Gasteiger partial charge is 0.469 e. The Labute approximate surface area is 222 Å². The number of hydrogen-bond acceptors (Lipinski definition) is 6. The fourth-order valence-electron chi connectivity index (χ4n) is 10.2. The van der Waals surface area contributed by atoms with E-state index in [1.165, 1.54) is 7.11 Å². The molecule has 4 aliphatic rings. The van der Waals surface area contributed by atoms with Gasteiger partial charge in [-0.2, -0.15) is 0 Å². The lowest BCUT2D eigenvalue weighted by atomic mass is 9.36. The van der Waals surface area contributed by atoms with Crippen LogP contribution in [-0.2, 0) is 23.9 Å². The van der Waals surface area contributed by atoms with Gasteiger partial charge < -0.3 is 14.6 Å². The molecule has 4 rings (SSSR count). The van der Waals surface area contributed by atoms with Gasteiger partial charge in [0.1, 0.15) is 6.10 Å². The van der Waals surface area contributed by atoms with E-state index >= 15 is 0 Å². The molecule has 9 atom stereocenters. The van der Waals surface area contributed by atoms with Crippen LogP contribution in [0.1, 0.15) is 100 Å². The normalized spacial score (nSPS) is 42.5. The highest BCUT2D eigenvalue weighted by atomic mass is 16.5. The number of esters is 2. The number of rotatable bonds is 6. The molecule has 3 saturated carbocycles. The first-order chi connectivity index (χ1) is 16.9. The van der Waals surface area contributed by atoms with Crippen molar-refractivity contribution in [2.24, 2.45) is 45.3 Å². The highest BCUT2D eigenvalue weighted by molar-refractivity contribution is 5.90. The monoisotopic (exact) mass is 516 g/mol. The minimum Gasteiger partial charge on any atom is -0.469 e. The average Bonchev–Trinajstić information content (AvgIpc) is 3.10. The fourth-order valence-corrected chi connectivity index (χ4v) is 10.2. The summed E-state index contributed by atoms with van der Waals surface area (Å²) in [7, 11) is 1.44. The van der Waals surface area contributed by atoms with Gasteiger partial charge in [0.25, 0.3) is 0 Å². The molecular weight excluding hydrogens is 468 g/mol. The highest BCUT2D eigenvalue weighted by Gasteiger charge is 2.73. The van der Waals surface area contributed by atoms with Crippen molar-refractivity contribution in [3.63, 3.8) is 0 Å². The van der Waals surface area contributed by atoms with E-state index in [4.69, 9.17) is 9.47 Å². The number of ketones is 1. The Kier molecular flexibility index (Phi) is 6.83. The minimum atomic E-state index is -1.12. The SMILES string of the molecule is COC(=O)C(C)(C)C1CCC2(C)C3C(CC4C(C(C)(O)CC(=O)C=C(C)C)CCC42C)OC(=O)CC13C. The Balaban J connectivity index is 1.74. The van der Waals surface area contributed by atoms with Crippen molar-refractivity contribution in [3.8, 4) is 0 Å². The van der Waals surface area contributed by atoms with E-state index in [1.807, 2.05) is 34.6 Å². The molecule has 0 aromatic carbocycles. The highest BCUT2D eigenvalue weighted by Crippen LogP contribution is 2.75. The summed E-state index contributed by atoms with van der Waals surface area (Å²) in [6, 6.07) is 0. The molecule has 208 valence electrons. The van der Waals surface area contributed by atoms with Gasteiger partial charge in [0.15, 0.2) is 5.78 Å². The van der Waals surface area contributed by atoms with E-state index in [2.05, 4.69) is 20.8 Å². The van der Waals surface area contributed by atoms with Crippen molar-refractivity contribution < 1.29 is 29.0 Å². The zero-order valence-corrected chi connectivity index (χ0v) is 24.4. The molecule has 4 fully saturated rings. The van der Waals surface area contributed by atoms with Gasteiger partial charge >= 0.3 is 11.9 Å². The van der Waals surface area contributed by atoms with Crippen LogP contribution < -0.4 is 0 Å². The number of carbonyl (C=O) groups excluding carboxylic acids is 3. The summed E-state index contributed by atoms with van der Waals surface area (Å²) in [5.41, 5.74) is -1.47. The van der Waals surface area contributed by atoms with E-state index in [9.17, 15) is 19.5 Å². The molecular formula is C31H48O6. The molecule has 6 nitrogen and oxygen atoms in total. The van der Waals surface area contributed by atoms with Gasteiger partial charge in [-0.05, 0) is 107 Å². The van der Waals surface area contributed by atoms with Crippen molar-refractivity contribution in [1.29, 1.82) is 0 Å². The summed E-state index contributed by atoms with van der Waals surface area (Å²) >= 11 is 0. The van der Waals surface area contributed by atoms with Crippen LogP contribution >= 0.6 is 0 Å². The molecule has 6 heteroatoms. The van der Waals surface area contributed by atoms with Gasteiger partial charge in [-0.25, -0.2) is 0 Å². The predicted molar refractivity (Wildman–Crippen MR) is 141 cm³/mol. The van der Waals surface area contributed by atoms with Crippen LogP contribution in [0.4, 0.5) is 0 Å². The van der Waals surface area contributed by atoms with Crippen molar-refractivity contribution in [2.45, 2.75) is 112 Å². The minimum absolute atomic E-state index is 0.00280. The summed E-state index contributed by atoms with van der Waals surface area (Å²) in [6.07, 6.45) is 6.09. The maximum Gasteiger partial charge on any atom is 0.311 e. The molecule has 0 spiro atoms. The second-order valence-corrected chi connectivity index (χ2v) is 14.5. The Morgan fingerprint density at radius 2 is 1.73 bits per heavy atom. The molecule has 37 heavy (non-hydrogen) atoms. The first-order valence-corrected chi connectivity index (χ1v) is 14.1. The van der Waals surface area contributed by atoms with Crippen LogP contribution in [0.2, 0.25) is 0 Å². The molecule has 0 aromatic rings. The molecule has 0 bridgehead atoms. The van der Waals surface area contributed by atoms with Gasteiger partial charge in [-0.1, -0.05) is 26.3 Å². The first-order valence-electron chi connectivity index (χ1n) is 14.1. The fraction of sp³-hybridized carbons (Fsp3) is 0.839. The number of fused-ring (bicyclic) bond motifs is 2. The molecule has 1 heterocycles. The number of methoxy groups -OCH3 is 1. The number of aliphatic hydroxyl groups is 1. The maximum atomic E-state index is 13.1. The summed E-state index contributed by atoms with van der Waals surface area (Å²) in [4.78, 5) is 38.7. The Hall–Kier alpha value is -1.69. The number of carbonyl (C=O) groups is 3. The second kappa shape index (κ2) is 8.93. The molecule has 1 N–H and O–H groups in total. The second-order valence-electron chi connectivity index (χ2n) is 14.5. The third-order valence-corrected chi connectivity index (χ3v) is 11.8. The summed E-state index contributed by atoms with van der Waals surface area (Å²) < 4.78 is 11.4. The summed E-state index contributed by atoms with van der Waals surface area (Å²) in [6.45, 7) is 16.5. The van der Waals surface area contributed by atoms with E-state index in [1.54, 1.807) is 6.08 Å². The number of ether oxygens (including phenoxy) is 2. The van der Waals surface area contributed by atoms with Gasteiger partial charge in [0, 0.05) is 12.3 Å². The Morgan fingerprint density at radius 1 is 1.11 bits per heavy atom. The number of hydrogen-bond donors (Lipinski definition) is 1. The topological polar surface area (TPSA) is 89.9 Å². The van der Waals surface area contributed by atoms with Crippen LogP contribution in [0, 0.1) is 45.3 Å². The van der Waals surface area contributed by atoms with Crippen molar-refractivity contribution in [2.75, 3.05) is 7.11 Å². The third kappa shape index (κ3) is 4.11.